The van der Waals surface area contributed by atoms with Crippen molar-refractivity contribution in [3.63, 3.8) is 0 Å². The third-order valence-corrected chi connectivity index (χ3v) is 2.33. The average molecular weight is 196 g/mol. The zero-order valence-corrected chi connectivity index (χ0v) is 8.36. The van der Waals surface area contributed by atoms with Gasteiger partial charge in [-0.25, -0.2) is 4.98 Å². The number of aryl methyl sites for hydroxylation is 1. The van der Waals surface area contributed by atoms with E-state index >= 15 is 0 Å². The number of nitrogens with zero attached hydrogens (tertiary/aromatic N) is 2. The number of hydrogen-bond donors (Lipinski definition) is 2. The highest BCUT2D eigenvalue weighted by atomic mass is 16.5. The summed E-state index contributed by atoms with van der Waals surface area (Å²) in [6.45, 7) is 3.38. The Labute approximate surface area is 83.5 Å². The Hall–Kier alpha value is -1.07. The summed E-state index contributed by atoms with van der Waals surface area (Å²) in [5.74, 6) is 0.900. The third-order valence-electron chi connectivity index (χ3n) is 2.33. The number of rotatable bonds is 3. The van der Waals surface area contributed by atoms with Gasteiger partial charge in [-0.3, -0.25) is 0 Å². The first-order chi connectivity index (χ1) is 6.86. The molecule has 0 amide bonds. The summed E-state index contributed by atoms with van der Waals surface area (Å²) in [6, 6.07) is 0.389. The second kappa shape index (κ2) is 4.43. The zero-order chi connectivity index (χ0) is 9.80. The first-order valence-corrected chi connectivity index (χ1v) is 4.88. The van der Waals surface area contributed by atoms with Gasteiger partial charge < -0.3 is 19.9 Å². The molecule has 14 heavy (non-hydrogen) atoms. The normalized spacial score (nSPS) is 22.2. The first-order valence-electron chi connectivity index (χ1n) is 4.88. The molecular formula is C9H16N4O. The minimum Gasteiger partial charge on any atom is -0.378 e. The Morgan fingerprint density at radius 1 is 1.79 bits per heavy atom. The van der Waals surface area contributed by atoms with Gasteiger partial charge in [0, 0.05) is 38.6 Å². The van der Waals surface area contributed by atoms with Crippen molar-refractivity contribution in [2.24, 2.45) is 7.05 Å². The molecular weight excluding hydrogens is 180 g/mol. The zero-order valence-electron chi connectivity index (χ0n) is 8.36. The van der Waals surface area contributed by atoms with Gasteiger partial charge in [0.1, 0.15) is 0 Å². The predicted molar refractivity (Wildman–Crippen MR) is 54.3 cm³/mol. The van der Waals surface area contributed by atoms with Crippen molar-refractivity contribution in [3.8, 4) is 0 Å². The SMILES string of the molecule is Cn1ccnc1NCC1COCCN1. The molecule has 1 aromatic rings. The summed E-state index contributed by atoms with van der Waals surface area (Å²) in [5.41, 5.74) is 0. The molecule has 0 radical (unpaired) electrons. The molecule has 5 nitrogen and oxygen atoms in total. The number of hydrogen-bond acceptors (Lipinski definition) is 4. The molecule has 5 heteroatoms. The standard InChI is InChI=1S/C9H16N4O/c1-13-4-2-11-9(13)12-6-8-7-14-5-3-10-8/h2,4,8,10H,3,5-7H2,1H3,(H,11,12). The maximum absolute atomic E-state index is 5.35. The van der Waals surface area contributed by atoms with E-state index in [2.05, 4.69) is 15.6 Å². The lowest BCUT2D eigenvalue weighted by Crippen LogP contribution is -2.45. The molecule has 0 aliphatic carbocycles. The van der Waals surface area contributed by atoms with E-state index in [0.29, 0.717) is 6.04 Å². The summed E-state index contributed by atoms with van der Waals surface area (Å²) >= 11 is 0. The highest BCUT2D eigenvalue weighted by molar-refractivity contribution is 5.25. The van der Waals surface area contributed by atoms with Gasteiger partial charge in [0.2, 0.25) is 5.95 Å². The van der Waals surface area contributed by atoms with Crippen LogP contribution in [0, 0.1) is 0 Å². The number of morpholine rings is 1. The third kappa shape index (κ3) is 2.24. The van der Waals surface area contributed by atoms with Gasteiger partial charge in [-0.05, 0) is 0 Å². The van der Waals surface area contributed by atoms with Gasteiger partial charge in [-0.1, -0.05) is 0 Å². The van der Waals surface area contributed by atoms with Crippen LogP contribution < -0.4 is 10.6 Å². The number of aromatic nitrogens is 2. The van der Waals surface area contributed by atoms with E-state index in [1.807, 2.05) is 17.8 Å². The number of anilines is 1. The Bertz CT molecular complexity index is 280. The highest BCUT2D eigenvalue weighted by Gasteiger charge is 2.12. The second-order valence-corrected chi connectivity index (χ2v) is 3.47. The molecule has 1 unspecified atom stereocenters. The highest BCUT2D eigenvalue weighted by Crippen LogP contribution is 2.01. The van der Waals surface area contributed by atoms with Crippen molar-refractivity contribution in [2.45, 2.75) is 6.04 Å². The Balaban J connectivity index is 1.79. The van der Waals surface area contributed by atoms with Crippen LogP contribution in [0.15, 0.2) is 12.4 Å². The molecule has 2 N–H and O–H groups in total. The summed E-state index contributed by atoms with van der Waals surface area (Å²) in [5, 5.41) is 6.65. The molecule has 1 atom stereocenters. The lowest BCUT2D eigenvalue weighted by atomic mass is 10.3. The smallest absolute Gasteiger partial charge is 0.202 e. The number of nitrogens with one attached hydrogen (secondary N) is 2. The van der Waals surface area contributed by atoms with Gasteiger partial charge in [0.15, 0.2) is 0 Å². The van der Waals surface area contributed by atoms with Crippen molar-refractivity contribution in [3.05, 3.63) is 12.4 Å². The lowest BCUT2D eigenvalue weighted by molar-refractivity contribution is 0.0806. The molecule has 0 saturated carbocycles. The maximum atomic E-state index is 5.35. The summed E-state index contributed by atoms with van der Waals surface area (Å²) in [7, 11) is 1.97. The van der Waals surface area contributed by atoms with E-state index in [1.165, 1.54) is 0 Å². The van der Waals surface area contributed by atoms with Crippen molar-refractivity contribution >= 4 is 5.95 Å². The molecule has 78 valence electrons. The molecule has 1 aromatic heterocycles. The van der Waals surface area contributed by atoms with Crippen LogP contribution in [-0.4, -0.2) is 41.9 Å². The quantitative estimate of drug-likeness (QED) is 0.704. The fraction of sp³-hybridized carbons (Fsp3) is 0.667. The van der Waals surface area contributed by atoms with Gasteiger partial charge in [0.25, 0.3) is 0 Å². The van der Waals surface area contributed by atoms with Crippen LogP contribution in [0.3, 0.4) is 0 Å². The monoisotopic (exact) mass is 196 g/mol. The second-order valence-electron chi connectivity index (χ2n) is 3.47. The summed E-state index contributed by atoms with van der Waals surface area (Å²) in [6.07, 6.45) is 3.71. The van der Waals surface area contributed by atoms with Gasteiger partial charge in [-0.2, -0.15) is 0 Å². The van der Waals surface area contributed by atoms with Crippen molar-refractivity contribution in [1.29, 1.82) is 0 Å². The Kier molecular flexibility index (Phi) is 3.00. The van der Waals surface area contributed by atoms with Crippen molar-refractivity contribution < 1.29 is 4.74 Å². The fourth-order valence-corrected chi connectivity index (χ4v) is 1.50. The molecule has 1 aliphatic heterocycles. The molecule has 2 rings (SSSR count). The van der Waals surface area contributed by atoms with E-state index in [1.54, 1.807) is 6.20 Å². The summed E-state index contributed by atoms with van der Waals surface area (Å²) in [4.78, 5) is 4.18. The van der Waals surface area contributed by atoms with E-state index < -0.39 is 0 Å². The minimum absolute atomic E-state index is 0.389. The molecule has 1 saturated heterocycles. The van der Waals surface area contributed by atoms with Gasteiger partial charge in [-0.15, -0.1) is 0 Å². The van der Waals surface area contributed by atoms with E-state index in [-0.39, 0.29) is 0 Å². The maximum Gasteiger partial charge on any atom is 0.202 e. The van der Waals surface area contributed by atoms with Crippen LogP contribution in [0.5, 0.6) is 0 Å². The molecule has 2 heterocycles. The van der Waals surface area contributed by atoms with Gasteiger partial charge in [0.05, 0.1) is 13.2 Å². The van der Waals surface area contributed by atoms with Crippen molar-refractivity contribution in [2.75, 3.05) is 31.6 Å². The molecule has 1 aliphatic rings. The number of imidazole rings is 1. The largest absolute Gasteiger partial charge is 0.378 e. The Morgan fingerprint density at radius 2 is 2.71 bits per heavy atom. The summed E-state index contributed by atoms with van der Waals surface area (Å²) < 4.78 is 7.31. The van der Waals surface area contributed by atoms with Crippen LogP contribution in [0.2, 0.25) is 0 Å². The van der Waals surface area contributed by atoms with E-state index in [9.17, 15) is 0 Å². The topological polar surface area (TPSA) is 51.1 Å². The van der Waals surface area contributed by atoms with Crippen LogP contribution in [0.25, 0.3) is 0 Å². The van der Waals surface area contributed by atoms with Crippen LogP contribution >= 0.6 is 0 Å². The lowest BCUT2D eigenvalue weighted by Gasteiger charge is -2.24. The predicted octanol–water partition coefficient (Wildman–Crippen LogP) is -0.180. The first kappa shape index (κ1) is 9.48. The fourth-order valence-electron chi connectivity index (χ4n) is 1.50. The van der Waals surface area contributed by atoms with E-state index in [4.69, 9.17) is 4.74 Å². The van der Waals surface area contributed by atoms with Crippen LogP contribution in [-0.2, 0) is 11.8 Å². The van der Waals surface area contributed by atoms with Crippen LogP contribution in [0.4, 0.5) is 5.95 Å². The molecule has 0 spiro atoms. The Morgan fingerprint density at radius 3 is 3.36 bits per heavy atom. The van der Waals surface area contributed by atoms with Crippen molar-refractivity contribution in [1.82, 2.24) is 14.9 Å². The molecule has 1 fully saturated rings. The van der Waals surface area contributed by atoms with Crippen LogP contribution in [0.1, 0.15) is 0 Å². The average Bonchev–Trinajstić information content (AvgIpc) is 2.63. The van der Waals surface area contributed by atoms with Gasteiger partial charge >= 0.3 is 0 Å². The minimum atomic E-state index is 0.389. The molecule has 0 aromatic carbocycles. The molecule has 0 bridgehead atoms. The van der Waals surface area contributed by atoms with E-state index in [0.717, 1.165) is 32.3 Å². The number of ether oxygens (including phenoxy) is 1.